The normalized spacial score (nSPS) is 27.8. The molecule has 0 radical (unpaired) electrons. The Bertz CT molecular complexity index is 416. The van der Waals surface area contributed by atoms with Gasteiger partial charge < -0.3 is 9.88 Å². The molecule has 0 aliphatic heterocycles. The number of imidazole rings is 1. The fourth-order valence-electron chi connectivity index (χ4n) is 3.55. The van der Waals surface area contributed by atoms with Crippen molar-refractivity contribution in [3.63, 3.8) is 0 Å². The summed E-state index contributed by atoms with van der Waals surface area (Å²) in [4.78, 5) is 4.43. The standard InChI is InChI=1S/C17H31N3/c1-6-9-19-15-8-7-14(17(3,4)5)12-16(15)20-11-10-18-13(20)2/h10-11,14-16,19H,6-9,12H2,1-5H3. The van der Waals surface area contributed by atoms with Gasteiger partial charge in [0, 0.05) is 18.4 Å². The molecule has 114 valence electrons. The summed E-state index contributed by atoms with van der Waals surface area (Å²) in [5.41, 5.74) is 0.405. The number of nitrogens with zero attached hydrogens (tertiary/aromatic N) is 2. The molecule has 1 heterocycles. The molecule has 1 saturated carbocycles. The first kappa shape index (κ1) is 15.6. The summed E-state index contributed by atoms with van der Waals surface area (Å²) in [6.07, 6.45) is 9.19. The minimum absolute atomic E-state index is 0.405. The molecule has 0 saturated heterocycles. The van der Waals surface area contributed by atoms with Gasteiger partial charge in [-0.1, -0.05) is 27.7 Å². The van der Waals surface area contributed by atoms with Crippen LogP contribution in [0.1, 0.15) is 65.2 Å². The van der Waals surface area contributed by atoms with E-state index >= 15 is 0 Å². The van der Waals surface area contributed by atoms with E-state index in [4.69, 9.17) is 0 Å². The van der Waals surface area contributed by atoms with Gasteiger partial charge in [0.05, 0.1) is 6.04 Å². The first-order valence-corrected chi connectivity index (χ1v) is 8.16. The summed E-state index contributed by atoms with van der Waals surface area (Å²) < 4.78 is 2.39. The lowest BCUT2D eigenvalue weighted by atomic mass is 9.69. The average molecular weight is 277 g/mol. The summed E-state index contributed by atoms with van der Waals surface area (Å²) in [6, 6.07) is 1.16. The molecule has 3 unspecified atom stereocenters. The molecule has 0 aromatic carbocycles. The zero-order valence-corrected chi connectivity index (χ0v) is 13.8. The Labute approximate surface area is 124 Å². The van der Waals surface area contributed by atoms with E-state index < -0.39 is 0 Å². The van der Waals surface area contributed by atoms with E-state index in [0.717, 1.165) is 18.3 Å². The second-order valence-corrected chi connectivity index (χ2v) is 7.39. The number of hydrogen-bond donors (Lipinski definition) is 1. The third kappa shape index (κ3) is 3.43. The zero-order chi connectivity index (χ0) is 14.8. The van der Waals surface area contributed by atoms with Crippen molar-refractivity contribution >= 4 is 0 Å². The Hall–Kier alpha value is -0.830. The molecule has 1 aromatic heterocycles. The molecule has 1 aliphatic carbocycles. The topological polar surface area (TPSA) is 29.9 Å². The average Bonchev–Trinajstić information content (AvgIpc) is 2.81. The van der Waals surface area contributed by atoms with Crippen molar-refractivity contribution in [2.24, 2.45) is 11.3 Å². The second kappa shape index (κ2) is 6.30. The van der Waals surface area contributed by atoms with Crippen LogP contribution >= 0.6 is 0 Å². The molecule has 1 aromatic rings. The van der Waals surface area contributed by atoms with Crippen molar-refractivity contribution in [1.29, 1.82) is 0 Å². The molecular formula is C17H31N3. The Balaban J connectivity index is 2.17. The van der Waals surface area contributed by atoms with Crippen molar-refractivity contribution in [2.75, 3.05) is 6.54 Å². The smallest absolute Gasteiger partial charge is 0.105 e. The van der Waals surface area contributed by atoms with E-state index in [2.05, 4.69) is 55.7 Å². The van der Waals surface area contributed by atoms with Gasteiger partial charge in [-0.3, -0.25) is 0 Å². The second-order valence-electron chi connectivity index (χ2n) is 7.39. The Morgan fingerprint density at radius 3 is 2.65 bits per heavy atom. The van der Waals surface area contributed by atoms with Crippen LogP contribution in [0.5, 0.6) is 0 Å². The lowest BCUT2D eigenvalue weighted by Crippen LogP contribution is -2.44. The summed E-state index contributed by atoms with van der Waals surface area (Å²) in [6.45, 7) is 12.6. The van der Waals surface area contributed by atoms with E-state index in [-0.39, 0.29) is 0 Å². The van der Waals surface area contributed by atoms with E-state index in [1.54, 1.807) is 0 Å². The number of aryl methyl sites for hydroxylation is 1. The molecule has 0 bridgehead atoms. The molecular weight excluding hydrogens is 246 g/mol. The van der Waals surface area contributed by atoms with Gasteiger partial charge in [-0.25, -0.2) is 4.98 Å². The molecule has 20 heavy (non-hydrogen) atoms. The van der Waals surface area contributed by atoms with Gasteiger partial charge in [0.1, 0.15) is 5.82 Å². The minimum atomic E-state index is 0.405. The van der Waals surface area contributed by atoms with E-state index in [0.29, 0.717) is 17.5 Å². The highest BCUT2D eigenvalue weighted by Gasteiger charge is 2.36. The first-order chi connectivity index (χ1) is 9.43. The molecule has 0 spiro atoms. The van der Waals surface area contributed by atoms with Gasteiger partial charge in [0.2, 0.25) is 0 Å². The van der Waals surface area contributed by atoms with Crippen LogP contribution in [0.25, 0.3) is 0 Å². The van der Waals surface area contributed by atoms with Crippen LogP contribution in [0, 0.1) is 18.3 Å². The van der Waals surface area contributed by atoms with Crippen LogP contribution in [0.3, 0.4) is 0 Å². The largest absolute Gasteiger partial charge is 0.331 e. The van der Waals surface area contributed by atoms with Gasteiger partial charge >= 0.3 is 0 Å². The van der Waals surface area contributed by atoms with Crippen molar-refractivity contribution in [2.45, 2.75) is 72.4 Å². The van der Waals surface area contributed by atoms with Crippen LogP contribution in [-0.4, -0.2) is 22.1 Å². The number of nitrogens with one attached hydrogen (secondary N) is 1. The molecule has 3 nitrogen and oxygen atoms in total. The molecule has 1 aliphatic rings. The zero-order valence-electron chi connectivity index (χ0n) is 13.8. The highest BCUT2D eigenvalue weighted by atomic mass is 15.1. The van der Waals surface area contributed by atoms with Gasteiger partial charge in [0.15, 0.2) is 0 Å². The maximum Gasteiger partial charge on any atom is 0.105 e. The van der Waals surface area contributed by atoms with E-state index in [9.17, 15) is 0 Å². The van der Waals surface area contributed by atoms with Crippen LogP contribution in [0.4, 0.5) is 0 Å². The van der Waals surface area contributed by atoms with Crippen molar-refractivity contribution < 1.29 is 0 Å². The van der Waals surface area contributed by atoms with Crippen LogP contribution in [0.2, 0.25) is 0 Å². The van der Waals surface area contributed by atoms with Crippen molar-refractivity contribution in [3.8, 4) is 0 Å². The van der Waals surface area contributed by atoms with Crippen LogP contribution in [0.15, 0.2) is 12.4 Å². The summed E-state index contributed by atoms with van der Waals surface area (Å²) in [7, 11) is 0. The van der Waals surface area contributed by atoms with Crippen LogP contribution in [-0.2, 0) is 0 Å². The third-order valence-corrected chi connectivity index (χ3v) is 4.92. The monoisotopic (exact) mass is 277 g/mol. The van der Waals surface area contributed by atoms with Gasteiger partial charge in [-0.2, -0.15) is 0 Å². The number of rotatable bonds is 4. The number of aromatic nitrogens is 2. The Kier molecular flexibility index (Phi) is 4.90. The van der Waals surface area contributed by atoms with Gasteiger partial charge in [-0.15, -0.1) is 0 Å². The maximum atomic E-state index is 4.43. The van der Waals surface area contributed by atoms with E-state index in [1.165, 1.54) is 25.7 Å². The molecule has 1 N–H and O–H groups in total. The molecule has 1 fully saturated rings. The molecule has 3 atom stereocenters. The van der Waals surface area contributed by atoms with Gasteiger partial charge in [-0.05, 0) is 50.5 Å². The minimum Gasteiger partial charge on any atom is -0.331 e. The first-order valence-electron chi connectivity index (χ1n) is 8.16. The lowest BCUT2D eigenvalue weighted by Gasteiger charge is -2.43. The Morgan fingerprint density at radius 2 is 2.10 bits per heavy atom. The molecule has 3 heteroatoms. The SMILES string of the molecule is CCCNC1CCC(C(C)(C)C)CC1n1ccnc1C. The Morgan fingerprint density at radius 1 is 1.35 bits per heavy atom. The van der Waals surface area contributed by atoms with Crippen LogP contribution < -0.4 is 5.32 Å². The summed E-state index contributed by atoms with van der Waals surface area (Å²) in [5.74, 6) is 1.95. The summed E-state index contributed by atoms with van der Waals surface area (Å²) in [5, 5.41) is 3.76. The molecule has 2 rings (SSSR count). The quantitative estimate of drug-likeness (QED) is 0.903. The maximum absolute atomic E-state index is 4.43. The summed E-state index contributed by atoms with van der Waals surface area (Å²) >= 11 is 0. The predicted molar refractivity (Wildman–Crippen MR) is 84.9 cm³/mol. The fourth-order valence-corrected chi connectivity index (χ4v) is 3.55. The number of hydrogen-bond acceptors (Lipinski definition) is 2. The third-order valence-electron chi connectivity index (χ3n) is 4.92. The highest BCUT2D eigenvalue weighted by Crippen LogP contribution is 2.42. The lowest BCUT2D eigenvalue weighted by molar-refractivity contribution is 0.117. The van der Waals surface area contributed by atoms with Crippen molar-refractivity contribution in [1.82, 2.24) is 14.9 Å². The van der Waals surface area contributed by atoms with E-state index in [1.807, 2.05) is 6.20 Å². The molecule has 0 amide bonds. The highest BCUT2D eigenvalue weighted by molar-refractivity contribution is 4.99. The predicted octanol–water partition coefficient (Wildman–Crippen LogP) is 3.95. The fraction of sp³-hybridized carbons (Fsp3) is 0.824. The van der Waals surface area contributed by atoms with Gasteiger partial charge in [0.25, 0.3) is 0 Å². The van der Waals surface area contributed by atoms with Crippen molar-refractivity contribution in [3.05, 3.63) is 18.2 Å².